The predicted molar refractivity (Wildman–Crippen MR) is 57.2 cm³/mol. The third-order valence-electron chi connectivity index (χ3n) is 2.63. The van der Waals surface area contributed by atoms with E-state index in [1.54, 1.807) is 12.3 Å². The molecule has 2 nitrogen and oxygen atoms in total. The van der Waals surface area contributed by atoms with Crippen LogP contribution in [0.4, 0.5) is 8.78 Å². The maximum atomic E-state index is 13.1. The first-order chi connectivity index (χ1) is 7.53. The van der Waals surface area contributed by atoms with Crippen molar-refractivity contribution in [2.75, 3.05) is 6.61 Å². The van der Waals surface area contributed by atoms with Gasteiger partial charge in [-0.25, -0.2) is 13.6 Å². The van der Waals surface area contributed by atoms with Crippen LogP contribution < -0.4 is 0 Å². The van der Waals surface area contributed by atoms with Crippen LogP contribution in [0.25, 0.3) is 0 Å². The van der Waals surface area contributed by atoms with E-state index in [1.807, 2.05) is 0 Å². The lowest BCUT2D eigenvalue weighted by atomic mass is 9.91. The average molecular weight is 246 g/mol. The number of carbonyl (C=O) groups is 1. The first-order valence-electron chi connectivity index (χ1n) is 5.17. The van der Waals surface area contributed by atoms with Gasteiger partial charge in [0.15, 0.2) is 0 Å². The van der Waals surface area contributed by atoms with Crippen LogP contribution in [0.2, 0.25) is 0 Å². The van der Waals surface area contributed by atoms with Crippen molar-refractivity contribution in [2.24, 2.45) is 0 Å². The van der Waals surface area contributed by atoms with Gasteiger partial charge in [-0.2, -0.15) is 0 Å². The molecule has 0 atom stereocenters. The van der Waals surface area contributed by atoms with Crippen molar-refractivity contribution in [3.63, 3.8) is 0 Å². The van der Waals surface area contributed by atoms with Crippen molar-refractivity contribution in [3.05, 3.63) is 21.4 Å². The summed E-state index contributed by atoms with van der Waals surface area (Å²) in [7, 11) is 0. The van der Waals surface area contributed by atoms with Gasteiger partial charge in [0.2, 0.25) is 0 Å². The summed E-state index contributed by atoms with van der Waals surface area (Å²) < 4.78 is 31.1. The third kappa shape index (κ3) is 2.09. The van der Waals surface area contributed by atoms with Crippen molar-refractivity contribution in [1.82, 2.24) is 0 Å². The maximum absolute atomic E-state index is 13.1. The number of alkyl halides is 2. The van der Waals surface area contributed by atoms with E-state index in [2.05, 4.69) is 0 Å². The van der Waals surface area contributed by atoms with Crippen LogP contribution >= 0.6 is 11.3 Å². The second-order valence-electron chi connectivity index (χ2n) is 3.82. The van der Waals surface area contributed by atoms with Crippen LogP contribution in [0.3, 0.4) is 0 Å². The minimum absolute atomic E-state index is 0.177. The molecule has 0 unspecified atom stereocenters. The molecule has 1 aromatic heterocycles. The fourth-order valence-corrected chi connectivity index (χ4v) is 2.90. The summed E-state index contributed by atoms with van der Waals surface area (Å²) >= 11 is 1.21. The van der Waals surface area contributed by atoms with Crippen LogP contribution in [-0.2, 0) is 17.6 Å². The first-order valence-corrected chi connectivity index (χ1v) is 6.05. The molecule has 1 heterocycles. The van der Waals surface area contributed by atoms with Gasteiger partial charge < -0.3 is 4.74 Å². The summed E-state index contributed by atoms with van der Waals surface area (Å²) in [6.07, 6.45) is -0.165. The molecule has 5 heteroatoms. The predicted octanol–water partition coefficient (Wildman–Crippen LogP) is 3.05. The van der Waals surface area contributed by atoms with Gasteiger partial charge >= 0.3 is 5.97 Å². The average Bonchev–Trinajstić information content (AvgIpc) is 2.59. The number of halogens is 2. The zero-order valence-corrected chi connectivity index (χ0v) is 9.70. The Hall–Kier alpha value is -0.970. The van der Waals surface area contributed by atoms with E-state index in [9.17, 15) is 13.6 Å². The molecule has 0 N–H and O–H groups in total. The SMILES string of the molecule is CCOC(=O)c1scc2c1CCC(F)(F)C2. The number of hydrogen-bond acceptors (Lipinski definition) is 3. The molecule has 1 aromatic rings. The third-order valence-corrected chi connectivity index (χ3v) is 3.68. The fourth-order valence-electron chi connectivity index (χ4n) is 1.88. The van der Waals surface area contributed by atoms with E-state index in [1.165, 1.54) is 11.3 Å². The number of carbonyl (C=O) groups excluding carboxylic acids is 1. The highest BCUT2D eigenvalue weighted by Crippen LogP contribution is 2.37. The van der Waals surface area contributed by atoms with Crippen LogP contribution in [0.15, 0.2) is 5.38 Å². The largest absolute Gasteiger partial charge is 0.462 e. The van der Waals surface area contributed by atoms with E-state index >= 15 is 0 Å². The molecule has 16 heavy (non-hydrogen) atoms. The Balaban J connectivity index is 2.26. The summed E-state index contributed by atoms with van der Waals surface area (Å²) in [5.41, 5.74) is 1.36. The van der Waals surface area contributed by atoms with Gasteiger partial charge in [-0.15, -0.1) is 11.3 Å². The molecule has 0 saturated carbocycles. The Morgan fingerprint density at radius 1 is 1.62 bits per heavy atom. The molecule has 0 aliphatic heterocycles. The fraction of sp³-hybridized carbons (Fsp3) is 0.545. The summed E-state index contributed by atoms with van der Waals surface area (Å²) in [6.45, 7) is 2.04. The molecule has 0 saturated heterocycles. The smallest absolute Gasteiger partial charge is 0.348 e. The number of ether oxygens (including phenoxy) is 1. The van der Waals surface area contributed by atoms with Crippen molar-refractivity contribution in [1.29, 1.82) is 0 Å². The second-order valence-corrected chi connectivity index (χ2v) is 4.70. The van der Waals surface area contributed by atoms with Crippen molar-refractivity contribution in [3.8, 4) is 0 Å². The Kier molecular flexibility index (Phi) is 2.97. The molecule has 0 amide bonds. The molecular formula is C11H12F2O2S. The Labute approximate surface area is 96.2 Å². The number of rotatable bonds is 2. The quantitative estimate of drug-likeness (QED) is 0.750. The monoisotopic (exact) mass is 246 g/mol. The van der Waals surface area contributed by atoms with E-state index in [0.717, 1.165) is 5.56 Å². The molecule has 0 fully saturated rings. The normalized spacial score (nSPS) is 17.9. The minimum atomic E-state index is -2.62. The van der Waals surface area contributed by atoms with E-state index in [-0.39, 0.29) is 25.2 Å². The van der Waals surface area contributed by atoms with E-state index < -0.39 is 5.92 Å². The number of fused-ring (bicyclic) bond motifs is 1. The summed E-state index contributed by atoms with van der Waals surface area (Å²) in [4.78, 5) is 12.0. The highest BCUT2D eigenvalue weighted by atomic mass is 32.1. The minimum Gasteiger partial charge on any atom is -0.462 e. The highest BCUT2D eigenvalue weighted by Gasteiger charge is 2.36. The second kappa shape index (κ2) is 4.13. The number of esters is 1. The molecule has 0 bridgehead atoms. The standard InChI is InChI=1S/C11H12F2O2S/c1-2-15-10(14)9-8-3-4-11(12,13)5-7(8)6-16-9/h6H,2-5H2,1H3. The molecule has 1 aliphatic carbocycles. The highest BCUT2D eigenvalue weighted by molar-refractivity contribution is 7.12. The Morgan fingerprint density at radius 2 is 2.38 bits per heavy atom. The summed E-state index contributed by atoms with van der Waals surface area (Å²) in [6, 6.07) is 0. The van der Waals surface area contributed by atoms with Crippen molar-refractivity contribution >= 4 is 17.3 Å². The van der Waals surface area contributed by atoms with Crippen molar-refractivity contribution in [2.45, 2.75) is 32.1 Å². The lowest BCUT2D eigenvalue weighted by Gasteiger charge is -2.22. The maximum Gasteiger partial charge on any atom is 0.348 e. The number of thiophene rings is 1. The molecule has 0 spiro atoms. The van der Waals surface area contributed by atoms with Crippen molar-refractivity contribution < 1.29 is 18.3 Å². The molecule has 0 aromatic carbocycles. The summed E-state index contributed by atoms with van der Waals surface area (Å²) in [5, 5.41) is 1.65. The topological polar surface area (TPSA) is 26.3 Å². The zero-order chi connectivity index (χ0) is 11.8. The van der Waals surface area contributed by atoms with Gasteiger partial charge in [0.05, 0.1) is 6.61 Å². The lowest BCUT2D eigenvalue weighted by Crippen LogP contribution is -2.25. The van der Waals surface area contributed by atoms with Crippen LogP contribution in [0.5, 0.6) is 0 Å². The van der Waals surface area contributed by atoms with Gasteiger partial charge in [-0.1, -0.05) is 0 Å². The Bertz CT molecular complexity index is 412. The summed E-state index contributed by atoms with van der Waals surface area (Å²) in [5.74, 6) is -3.01. The lowest BCUT2D eigenvalue weighted by molar-refractivity contribution is -0.0122. The first kappa shape index (κ1) is 11.5. The molecular weight excluding hydrogens is 234 g/mol. The van der Waals surface area contributed by atoms with Crippen LogP contribution in [0, 0.1) is 0 Å². The van der Waals surface area contributed by atoms with Gasteiger partial charge in [0.25, 0.3) is 5.92 Å². The van der Waals surface area contributed by atoms with Crippen LogP contribution in [-0.4, -0.2) is 18.5 Å². The Morgan fingerprint density at radius 3 is 3.06 bits per heavy atom. The molecule has 88 valence electrons. The molecule has 1 aliphatic rings. The van der Waals surface area contributed by atoms with Gasteiger partial charge in [0, 0.05) is 12.8 Å². The molecule has 2 rings (SSSR count). The van der Waals surface area contributed by atoms with E-state index in [0.29, 0.717) is 17.0 Å². The van der Waals surface area contributed by atoms with Crippen LogP contribution in [0.1, 0.15) is 34.1 Å². The van der Waals surface area contributed by atoms with Gasteiger partial charge in [-0.3, -0.25) is 0 Å². The molecule has 0 radical (unpaired) electrons. The van der Waals surface area contributed by atoms with E-state index in [4.69, 9.17) is 4.74 Å². The van der Waals surface area contributed by atoms with Gasteiger partial charge in [0.1, 0.15) is 4.88 Å². The number of hydrogen-bond donors (Lipinski definition) is 0. The van der Waals surface area contributed by atoms with Gasteiger partial charge in [-0.05, 0) is 29.9 Å². The zero-order valence-electron chi connectivity index (χ0n) is 8.89.